The Kier molecular flexibility index (Phi) is 4.92. The van der Waals surface area contributed by atoms with Gasteiger partial charge in [-0.1, -0.05) is 20.8 Å². The van der Waals surface area contributed by atoms with Gasteiger partial charge >= 0.3 is 17.9 Å². The molecule has 0 bridgehead atoms. The maximum atomic E-state index is 12.0. The van der Waals surface area contributed by atoms with E-state index in [0.717, 1.165) is 0 Å². The van der Waals surface area contributed by atoms with E-state index in [4.69, 9.17) is 9.84 Å². The summed E-state index contributed by atoms with van der Waals surface area (Å²) in [6.45, 7) is 5.00. The number of esters is 2. The van der Waals surface area contributed by atoms with Gasteiger partial charge in [0.25, 0.3) is 0 Å². The number of carbonyl (C=O) groups excluding carboxylic acids is 2. The summed E-state index contributed by atoms with van der Waals surface area (Å²) < 4.78 is 9.34. The largest absolute Gasteiger partial charge is 0.398 e. The first-order valence-corrected chi connectivity index (χ1v) is 6.43. The molecule has 110 valence electrons. The van der Waals surface area contributed by atoms with Crippen LogP contribution in [-0.2, 0) is 19.1 Å². The maximum absolute atomic E-state index is 12.0. The Morgan fingerprint density at radius 3 is 2.47 bits per heavy atom. The lowest BCUT2D eigenvalue weighted by molar-refractivity contribution is -0.338. The van der Waals surface area contributed by atoms with Crippen LogP contribution in [0.4, 0.5) is 0 Å². The number of cyclic esters (lactones) is 2. The van der Waals surface area contributed by atoms with Crippen LogP contribution < -0.4 is 0 Å². The van der Waals surface area contributed by atoms with Gasteiger partial charge in [0.15, 0.2) is 0 Å². The van der Waals surface area contributed by atoms with Crippen LogP contribution >= 0.6 is 0 Å². The van der Waals surface area contributed by atoms with E-state index in [-0.39, 0.29) is 11.8 Å². The number of carbonyl (C=O) groups is 2. The smallest absolute Gasteiger partial charge is 0.396 e. The summed E-state index contributed by atoms with van der Waals surface area (Å²) in [6.07, 6.45) is 1.63. The van der Waals surface area contributed by atoms with Crippen LogP contribution in [0.1, 0.15) is 46.5 Å². The van der Waals surface area contributed by atoms with Gasteiger partial charge in [-0.05, 0) is 24.7 Å². The van der Waals surface area contributed by atoms with Crippen LogP contribution in [0.3, 0.4) is 0 Å². The minimum absolute atomic E-state index is 0.0829. The van der Waals surface area contributed by atoms with Gasteiger partial charge in [0.05, 0.1) is 5.92 Å². The fraction of sp³-hybridized carbons (Fsp3) is 0.846. The van der Waals surface area contributed by atoms with E-state index in [1.54, 1.807) is 0 Å². The van der Waals surface area contributed by atoms with Gasteiger partial charge in [0.2, 0.25) is 0 Å². The SMILES string of the molecule is CC(C)(C)CC1CCCC(=O)OC(O)(CO)OC1=O. The van der Waals surface area contributed by atoms with Gasteiger partial charge < -0.3 is 19.7 Å². The van der Waals surface area contributed by atoms with Crippen molar-refractivity contribution in [2.45, 2.75) is 52.4 Å². The van der Waals surface area contributed by atoms with E-state index < -0.39 is 30.4 Å². The summed E-state index contributed by atoms with van der Waals surface area (Å²) in [5.41, 5.74) is -0.0834. The predicted octanol–water partition coefficient (Wildman–Crippen LogP) is 0.948. The highest BCUT2D eigenvalue weighted by Crippen LogP contribution is 2.30. The average Bonchev–Trinajstić information content (AvgIpc) is 2.29. The summed E-state index contributed by atoms with van der Waals surface area (Å²) in [5.74, 6) is -4.33. The van der Waals surface area contributed by atoms with E-state index in [1.165, 1.54) is 0 Å². The minimum Gasteiger partial charge on any atom is -0.396 e. The third kappa shape index (κ3) is 5.16. The van der Waals surface area contributed by atoms with E-state index in [0.29, 0.717) is 19.3 Å². The molecule has 1 rings (SSSR count). The van der Waals surface area contributed by atoms with Crippen molar-refractivity contribution in [3.05, 3.63) is 0 Å². The summed E-state index contributed by atoms with van der Waals surface area (Å²) in [4.78, 5) is 23.4. The van der Waals surface area contributed by atoms with Crippen molar-refractivity contribution >= 4 is 11.9 Å². The Morgan fingerprint density at radius 2 is 1.95 bits per heavy atom. The molecule has 1 aliphatic rings. The van der Waals surface area contributed by atoms with Gasteiger partial charge in [-0.3, -0.25) is 9.59 Å². The molecular weight excluding hydrogens is 252 g/mol. The number of ether oxygens (including phenoxy) is 2. The highest BCUT2D eigenvalue weighted by Gasteiger charge is 2.40. The van der Waals surface area contributed by atoms with E-state index >= 15 is 0 Å². The zero-order chi connectivity index (χ0) is 14.7. The van der Waals surface area contributed by atoms with E-state index in [1.807, 2.05) is 20.8 Å². The lowest BCUT2D eigenvalue weighted by Gasteiger charge is -2.28. The van der Waals surface area contributed by atoms with Crippen molar-refractivity contribution in [1.82, 2.24) is 0 Å². The molecule has 1 fully saturated rings. The van der Waals surface area contributed by atoms with Gasteiger partial charge in [-0.15, -0.1) is 0 Å². The van der Waals surface area contributed by atoms with Crippen molar-refractivity contribution in [1.29, 1.82) is 0 Å². The molecule has 6 heteroatoms. The highest BCUT2D eigenvalue weighted by atomic mass is 16.8. The van der Waals surface area contributed by atoms with Crippen molar-refractivity contribution in [3.8, 4) is 0 Å². The quantitative estimate of drug-likeness (QED) is 0.728. The topological polar surface area (TPSA) is 93.1 Å². The summed E-state index contributed by atoms with van der Waals surface area (Å²) >= 11 is 0. The van der Waals surface area contributed by atoms with Gasteiger partial charge in [0, 0.05) is 6.42 Å². The zero-order valence-corrected chi connectivity index (χ0v) is 11.6. The fourth-order valence-corrected chi connectivity index (χ4v) is 2.09. The van der Waals surface area contributed by atoms with Crippen LogP contribution in [-0.4, -0.2) is 34.7 Å². The second-order valence-electron chi connectivity index (χ2n) is 6.12. The lowest BCUT2D eigenvalue weighted by Crippen LogP contribution is -2.44. The Hall–Kier alpha value is -1.14. The van der Waals surface area contributed by atoms with E-state index in [9.17, 15) is 14.7 Å². The van der Waals surface area contributed by atoms with Crippen molar-refractivity contribution < 1.29 is 29.3 Å². The molecule has 0 aromatic rings. The molecule has 2 unspecified atom stereocenters. The van der Waals surface area contributed by atoms with Crippen molar-refractivity contribution in [2.75, 3.05) is 6.61 Å². The normalized spacial score (nSPS) is 29.8. The molecular formula is C13H22O6. The minimum atomic E-state index is -2.56. The Morgan fingerprint density at radius 1 is 1.32 bits per heavy atom. The molecule has 1 saturated heterocycles. The Balaban J connectivity index is 2.86. The molecule has 6 nitrogen and oxygen atoms in total. The van der Waals surface area contributed by atoms with Gasteiger partial charge in [0.1, 0.15) is 6.61 Å². The summed E-state index contributed by atoms with van der Waals surface area (Å²) in [6, 6.07) is 0. The number of hydrogen-bond donors (Lipinski definition) is 2. The molecule has 0 aromatic carbocycles. The summed E-state index contributed by atoms with van der Waals surface area (Å²) in [7, 11) is 0. The zero-order valence-electron chi connectivity index (χ0n) is 11.6. The maximum Gasteiger partial charge on any atom is 0.398 e. The molecule has 1 aliphatic heterocycles. The van der Waals surface area contributed by atoms with Crippen molar-refractivity contribution in [3.63, 3.8) is 0 Å². The molecule has 0 spiro atoms. The standard InChI is InChI=1S/C13H22O6/c1-12(2,3)7-9-5-4-6-10(15)18-13(17,8-14)19-11(9)16/h9,14,17H,4-8H2,1-3H3. The lowest BCUT2D eigenvalue weighted by atomic mass is 9.82. The monoisotopic (exact) mass is 274 g/mol. The second-order valence-corrected chi connectivity index (χ2v) is 6.12. The highest BCUT2D eigenvalue weighted by molar-refractivity contribution is 5.74. The Labute approximate surface area is 112 Å². The van der Waals surface area contributed by atoms with Crippen LogP contribution in [0, 0.1) is 11.3 Å². The number of aliphatic hydroxyl groups excluding tert-OH is 1. The van der Waals surface area contributed by atoms with Gasteiger partial charge in [-0.2, -0.15) is 0 Å². The first-order chi connectivity index (χ1) is 8.65. The Bertz CT molecular complexity index is 346. The van der Waals surface area contributed by atoms with Crippen molar-refractivity contribution in [2.24, 2.45) is 11.3 Å². The molecule has 0 amide bonds. The first kappa shape index (κ1) is 15.9. The number of rotatable bonds is 2. The molecule has 1 heterocycles. The third-order valence-electron chi connectivity index (χ3n) is 2.86. The first-order valence-electron chi connectivity index (χ1n) is 6.43. The molecule has 0 saturated carbocycles. The predicted molar refractivity (Wildman–Crippen MR) is 65.6 cm³/mol. The average molecular weight is 274 g/mol. The fourth-order valence-electron chi connectivity index (χ4n) is 2.09. The second kappa shape index (κ2) is 5.88. The van der Waals surface area contributed by atoms with Crippen LogP contribution in [0.25, 0.3) is 0 Å². The van der Waals surface area contributed by atoms with E-state index in [2.05, 4.69) is 4.74 Å². The third-order valence-corrected chi connectivity index (χ3v) is 2.86. The number of hydrogen-bond acceptors (Lipinski definition) is 6. The van der Waals surface area contributed by atoms with Gasteiger partial charge in [-0.25, -0.2) is 0 Å². The molecule has 2 atom stereocenters. The molecule has 2 N–H and O–H groups in total. The van der Waals surface area contributed by atoms with Crippen LogP contribution in [0.5, 0.6) is 0 Å². The van der Waals surface area contributed by atoms with Crippen LogP contribution in [0.15, 0.2) is 0 Å². The summed E-state index contributed by atoms with van der Waals surface area (Å²) in [5, 5.41) is 18.7. The molecule has 0 radical (unpaired) electrons. The number of aliphatic hydroxyl groups is 2. The molecule has 0 aromatic heterocycles. The molecule has 0 aliphatic carbocycles. The molecule has 19 heavy (non-hydrogen) atoms. The van der Waals surface area contributed by atoms with Crippen LogP contribution in [0.2, 0.25) is 0 Å².